The van der Waals surface area contributed by atoms with Gasteiger partial charge in [-0.1, -0.05) is 152 Å². The quantitative estimate of drug-likeness (QED) is 0.0358. The van der Waals surface area contributed by atoms with Crippen molar-refractivity contribution in [2.24, 2.45) is 0 Å². The summed E-state index contributed by atoms with van der Waals surface area (Å²) >= 11 is 0. The Bertz CT molecular complexity index is 1320. The van der Waals surface area contributed by atoms with Gasteiger partial charge >= 0.3 is 60.8 Å². The maximum atomic E-state index is 11.5. The number of benzene rings is 2. The molecule has 0 N–H and O–H groups in total. The van der Waals surface area contributed by atoms with Crippen LogP contribution in [0.25, 0.3) is 0 Å². The van der Waals surface area contributed by atoms with E-state index in [0.29, 0.717) is 26.1 Å². The van der Waals surface area contributed by atoms with Gasteiger partial charge in [-0.15, -0.1) is 0 Å². The van der Waals surface area contributed by atoms with Crippen molar-refractivity contribution in [1.82, 2.24) is 0 Å². The molecular weight excluding hydrogens is 946 g/mol. The van der Waals surface area contributed by atoms with Crippen molar-refractivity contribution in [3.8, 4) is 0 Å². The third-order valence-electron chi connectivity index (χ3n) is 11.5. The second-order valence-corrected chi connectivity index (χ2v) is 17.5. The number of rotatable bonds is 40. The van der Waals surface area contributed by atoms with Crippen LogP contribution in [-0.2, 0) is 51.3 Å². The predicted octanol–water partition coefficient (Wildman–Crippen LogP) is 11.1. The van der Waals surface area contributed by atoms with E-state index in [1.807, 2.05) is 36.4 Å². The number of hydrogen-bond acceptors (Lipinski definition) is 10. The minimum absolute atomic E-state index is 0. The van der Waals surface area contributed by atoms with E-state index in [2.05, 4.69) is 38.1 Å². The number of aliphatic carboxylic acids is 2. The maximum Gasteiger partial charge on any atom is 2.00 e. The van der Waals surface area contributed by atoms with E-state index in [4.69, 9.17) is 18.9 Å². The van der Waals surface area contributed by atoms with Crippen LogP contribution in [0.4, 0.5) is 0 Å². The fourth-order valence-corrected chi connectivity index (χ4v) is 7.91. The summed E-state index contributed by atoms with van der Waals surface area (Å²) in [7, 11) is 0. The van der Waals surface area contributed by atoms with E-state index in [1.165, 1.54) is 65.2 Å². The standard InChI is InChI=1S/2C27H44O5.Ba/c2*1-3-4-5-6-10-19-26(32-23(2)28)20-12-11-17-25(18-13-14-21-27(29)30)31-22-24-15-8-7-9-16-24;/h2*7-9,15-16,25-26H,3-6,10-14,17-22H2,1-2H3,(H,29,30);/q;;+2/p-2. The molecule has 0 amide bonds. The SMILES string of the molecule is CCCCCCCC(CCCCC(CCCCC(=O)[O-])OCc1ccccc1)OC(C)=O.CCCCCCCC(CCCCC(CCCCC(=O)[O-])OCc1ccccc1)OC(C)=O.[Ba+2]. The number of esters is 2. The van der Waals surface area contributed by atoms with Crippen LogP contribution < -0.4 is 10.2 Å². The number of unbranched alkanes of at least 4 members (excludes halogenated alkanes) is 12. The normalized spacial score (nSPS) is 12.7. The van der Waals surface area contributed by atoms with Crippen LogP contribution in [0.5, 0.6) is 0 Å². The molecule has 0 heterocycles. The molecule has 2 rings (SSSR count). The molecule has 4 atom stereocenters. The summed E-state index contributed by atoms with van der Waals surface area (Å²) < 4.78 is 23.4. The van der Waals surface area contributed by atoms with Crippen LogP contribution in [-0.4, -0.2) is 97.2 Å². The van der Waals surface area contributed by atoms with Gasteiger partial charge in [0.25, 0.3) is 0 Å². The smallest absolute Gasteiger partial charge is 0.550 e. The van der Waals surface area contributed by atoms with Crippen LogP contribution in [0.15, 0.2) is 60.7 Å². The molecule has 2 aromatic carbocycles. The average Bonchev–Trinajstić information content (AvgIpc) is 3.27. The van der Waals surface area contributed by atoms with E-state index in [-0.39, 0.29) is 98.1 Å². The fourth-order valence-electron chi connectivity index (χ4n) is 7.91. The molecule has 0 fully saturated rings. The van der Waals surface area contributed by atoms with Gasteiger partial charge in [0.15, 0.2) is 0 Å². The molecule has 65 heavy (non-hydrogen) atoms. The van der Waals surface area contributed by atoms with E-state index in [0.717, 1.165) is 114 Å². The molecule has 0 aliphatic carbocycles. The van der Waals surface area contributed by atoms with Crippen LogP contribution in [0.3, 0.4) is 0 Å². The van der Waals surface area contributed by atoms with Crippen molar-refractivity contribution >= 4 is 72.8 Å². The summed E-state index contributed by atoms with van der Waals surface area (Å²) in [5, 5.41) is 21.3. The summed E-state index contributed by atoms with van der Waals surface area (Å²) in [6, 6.07) is 20.2. The number of carboxylic acids is 2. The van der Waals surface area contributed by atoms with Gasteiger partial charge in [-0.05, 0) is 114 Å². The number of carbonyl (C=O) groups is 4. The summed E-state index contributed by atoms with van der Waals surface area (Å²) in [6.45, 7) is 8.54. The van der Waals surface area contributed by atoms with Gasteiger partial charge in [0, 0.05) is 25.8 Å². The second-order valence-electron chi connectivity index (χ2n) is 17.5. The zero-order valence-corrected chi connectivity index (χ0v) is 45.5. The van der Waals surface area contributed by atoms with Gasteiger partial charge in [0.2, 0.25) is 0 Å². The number of carbonyl (C=O) groups excluding carboxylic acids is 4. The van der Waals surface area contributed by atoms with Crippen molar-refractivity contribution in [3.05, 3.63) is 71.8 Å². The van der Waals surface area contributed by atoms with Gasteiger partial charge in [-0.3, -0.25) is 9.59 Å². The summed E-state index contributed by atoms with van der Waals surface area (Å²) in [5.74, 6) is -2.36. The largest absolute Gasteiger partial charge is 2.00 e. The van der Waals surface area contributed by atoms with Gasteiger partial charge in [0.1, 0.15) is 12.2 Å². The van der Waals surface area contributed by atoms with Crippen molar-refractivity contribution in [1.29, 1.82) is 0 Å². The average molecular weight is 1030 g/mol. The van der Waals surface area contributed by atoms with Crippen LogP contribution in [0.1, 0.15) is 219 Å². The molecule has 11 heteroatoms. The zero-order valence-electron chi connectivity index (χ0n) is 41.1. The molecule has 0 bridgehead atoms. The minimum atomic E-state index is -0.988. The molecular formula is C54H86BaO10. The molecule has 0 aliphatic rings. The Balaban J connectivity index is 0.00000124. The Morgan fingerprint density at radius 1 is 0.415 bits per heavy atom. The first-order valence-electron chi connectivity index (χ1n) is 25.1. The minimum Gasteiger partial charge on any atom is -0.550 e. The van der Waals surface area contributed by atoms with Gasteiger partial charge in [-0.2, -0.15) is 0 Å². The van der Waals surface area contributed by atoms with Crippen LogP contribution in [0, 0.1) is 0 Å². The Hall–Kier alpha value is -2.19. The molecule has 0 radical (unpaired) electrons. The first-order chi connectivity index (χ1) is 31.0. The van der Waals surface area contributed by atoms with Gasteiger partial charge in [-0.25, -0.2) is 0 Å². The topological polar surface area (TPSA) is 151 Å². The zero-order chi connectivity index (χ0) is 46.9. The number of carboxylic acid groups (broad SMARTS) is 2. The third-order valence-corrected chi connectivity index (χ3v) is 11.5. The summed E-state index contributed by atoms with van der Waals surface area (Å²) in [5.41, 5.74) is 2.29. The first kappa shape index (κ1) is 62.8. The first-order valence-corrected chi connectivity index (χ1v) is 25.1. The third kappa shape index (κ3) is 40.6. The molecule has 0 saturated carbocycles. The Morgan fingerprint density at radius 3 is 0.985 bits per heavy atom. The molecule has 0 saturated heterocycles. The van der Waals surface area contributed by atoms with Crippen LogP contribution >= 0.6 is 0 Å². The molecule has 0 spiro atoms. The van der Waals surface area contributed by atoms with Crippen molar-refractivity contribution in [2.75, 3.05) is 0 Å². The van der Waals surface area contributed by atoms with Crippen molar-refractivity contribution in [3.63, 3.8) is 0 Å². The molecule has 0 aliphatic heterocycles. The van der Waals surface area contributed by atoms with Gasteiger partial charge < -0.3 is 38.7 Å². The van der Waals surface area contributed by atoms with E-state index < -0.39 is 11.9 Å². The maximum absolute atomic E-state index is 11.5. The molecule has 10 nitrogen and oxygen atoms in total. The molecule has 364 valence electrons. The number of ether oxygens (including phenoxy) is 4. The van der Waals surface area contributed by atoms with E-state index in [9.17, 15) is 29.4 Å². The summed E-state index contributed by atoms with van der Waals surface area (Å²) in [4.78, 5) is 44.2. The number of hydrogen-bond donors (Lipinski definition) is 0. The monoisotopic (exact) mass is 1030 g/mol. The van der Waals surface area contributed by atoms with Crippen LogP contribution in [0.2, 0.25) is 0 Å². The molecule has 0 aromatic heterocycles. The van der Waals surface area contributed by atoms with E-state index >= 15 is 0 Å². The van der Waals surface area contributed by atoms with Crippen molar-refractivity contribution < 1.29 is 48.3 Å². The summed E-state index contributed by atoms with van der Waals surface area (Å²) in [6.07, 6.45) is 26.7. The van der Waals surface area contributed by atoms with Gasteiger partial charge in [0.05, 0.1) is 25.4 Å². The molecule has 4 unspecified atom stereocenters. The second kappa shape index (κ2) is 44.3. The predicted molar refractivity (Wildman–Crippen MR) is 258 cm³/mol. The van der Waals surface area contributed by atoms with Crippen molar-refractivity contribution in [2.45, 2.75) is 245 Å². The van der Waals surface area contributed by atoms with E-state index in [1.54, 1.807) is 0 Å². The Kier molecular flexibility index (Phi) is 42.8. The molecule has 2 aromatic rings. The fraction of sp³-hybridized carbons (Fsp3) is 0.704. The Morgan fingerprint density at radius 2 is 0.692 bits per heavy atom. The Labute approximate surface area is 434 Å².